The minimum absolute atomic E-state index is 0.145. The first-order chi connectivity index (χ1) is 10.4. The number of aromatic amines is 1. The number of nitrogens with one attached hydrogen (secondary N) is 2. The van der Waals surface area contributed by atoms with E-state index in [1.165, 1.54) is 4.90 Å². The SMILES string of the molecule is CC1(C)C(O)CC12NC(=O)N(C1CCc3cn[nH]c3C1)C2=O. The van der Waals surface area contributed by atoms with Crippen LogP contribution >= 0.6 is 0 Å². The lowest BCUT2D eigenvalue weighted by molar-refractivity contribution is -0.164. The van der Waals surface area contributed by atoms with Gasteiger partial charge in [0.1, 0.15) is 5.54 Å². The molecule has 1 saturated carbocycles. The van der Waals surface area contributed by atoms with Crippen molar-refractivity contribution in [2.24, 2.45) is 5.41 Å². The van der Waals surface area contributed by atoms with Crippen LogP contribution < -0.4 is 5.32 Å². The molecule has 4 rings (SSSR count). The lowest BCUT2D eigenvalue weighted by Crippen LogP contribution is -2.72. The smallest absolute Gasteiger partial charge is 0.325 e. The van der Waals surface area contributed by atoms with E-state index in [4.69, 9.17) is 0 Å². The molecule has 118 valence electrons. The summed E-state index contributed by atoms with van der Waals surface area (Å²) in [6.07, 6.45) is 3.72. The zero-order valence-electron chi connectivity index (χ0n) is 12.7. The van der Waals surface area contributed by atoms with Crippen molar-refractivity contribution >= 4 is 11.9 Å². The number of rotatable bonds is 1. The highest BCUT2D eigenvalue weighted by atomic mass is 16.3. The summed E-state index contributed by atoms with van der Waals surface area (Å²) in [5.41, 5.74) is 0.586. The van der Waals surface area contributed by atoms with Gasteiger partial charge in [-0.1, -0.05) is 13.8 Å². The third kappa shape index (κ3) is 1.47. The summed E-state index contributed by atoms with van der Waals surface area (Å²) in [6.45, 7) is 3.66. The van der Waals surface area contributed by atoms with Crippen LogP contribution in [0.15, 0.2) is 6.20 Å². The Hall–Kier alpha value is -1.89. The number of H-pyrrole nitrogens is 1. The summed E-state index contributed by atoms with van der Waals surface area (Å²) in [7, 11) is 0. The molecule has 1 saturated heterocycles. The standard InChI is InChI=1S/C15H20N4O3/c1-14(2)11(20)6-15(14)12(21)19(13(22)17-15)9-4-3-8-7-16-18-10(8)5-9/h7,9,11,20H,3-6H2,1-2H3,(H,16,18)(H,17,22). The molecule has 0 aromatic carbocycles. The van der Waals surface area contributed by atoms with Gasteiger partial charge in [0, 0.05) is 30.0 Å². The van der Waals surface area contributed by atoms with E-state index in [1.54, 1.807) is 0 Å². The molecule has 1 aromatic rings. The van der Waals surface area contributed by atoms with Crippen LogP contribution in [0.1, 0.15) is 37.9 Å². The van der Waals surface area contributed by atoms with Gasteiger partial charge >= 0.3 is 6.03 Å². The van der Waals surface area contributed by atoms with E-state index in [0.29, 0.717) is 12.8 Å². The van der Waals surface area contributed by atoms with Crippen molar-refractivity contribution < 1.29 is 14.7 Å². The number of imide groups is 1. The second kappa shape index (κ2) is 4.10. The fourth-order valence-electron chi connectivity index (χ4n) is 4.07. The lowest BCUT2D eigenvalue weighted by atomic mass is 9.54. The number of nitrogens with zero attached hydrogens (tertiary/aromatic N) is 2. The predicted molar refractivity (Wildman–Crippen MR) is 76.9 cm³/mol. The van der Waals surface area contributed by atoms with Crippen molar-refractivity contribution in [3.8, 4) is 0 Å². The number of hydrogen-bond donors (Lipinski definition) is 3. The third-order valence-electron chi connectivity index (χ3n) is 5.91. The summed E-state index contributed by atoms with van der Waals surface area (Å²) in [6, 6.07) is -0.480. The predicted octanol–water partition coefficient (Wildman–Crippen LogP) is 0.348. The van der Waals surface area contributed by atoms with Gasteiger partial charge in [0.2, 0.25) is 0 Å². The van der Waals surface area contributed by atoms with Crippen molar-refractivity contribution in [1.29, 1.82) is 0 Å². The number of carbonyl (C=O) groups is 2. The Morgan fingerprint density at radius 2 is 2.18 bits per heavy atom. The number of aryl methyl sites for hydroxylation is 1. The third-order valence-corrected chi connectivity index (χ3v) is 5.91. The molecule has 0 radical (unpaired) electrons. The van der Waals surface area contributed by atoms with Crippen LogP contribution in [-0.2, 0) is 17.6 Å². The Kier molecular flexibility index (Phi) is 2.56. The summed E-state index contributed by atoms with van der Waals surface area (Å²) in [5, 5.41) is 19.8. The highest BCUT2D eigenvalue weighted by Crippen LogP contribution is 2.53. The molecule has 22 heavy (non-hydrogen) atoms. The molecule has 2 heterocycles. The number of amides is 3. The highest BCUT2D eigenvalue weighted by Gasteiger charge is 2.70. The van der Waals surface area contributed by atoms with E-state index >= 15 is 0 Å². The summed E-state index contributed by atoms with van der Waals surface area (Å²) >= 11 is 0. The fraction of sp³-hybridized carbons (Fsp3) is 0.667. The van der Waals surface area contributed by atoms with Crippen molar-refractivity contribution in [2.45, 2.75) is 57.2 Å². The number of hydrogen-bond acceptors (Lipinski definition) is 4. The summed E-state index contributed by atoms with van der Waals surface area (Å²) in [4.78, 5) is 26.7. The molecule has 2 aliphatic carbocycles. The van der Waals surface area contributed by atoms with Crippen molar-refractivity contribution in [3.63, 3.8) is 0 Å². The first-order valence-corrected chi connectivity index (χ1v) is 7.72. The molecule has 3 N–H and O–H groups in total. The minimum Gasteiger partial charge on any atom is -0.392 e. The molecule has 1 aliphatic heterocycles. The Morgan fingerprint density at radius 3 is 2.86 bits per heavy atom. The maximum atomic E-state index is 12.9. The molecular weight excluding hydrogens is 284 g/mol. The number of urea groups is 1. The fourth-order valence-corrected chi connectivity index (χ4v) is 4.07. The summed E-state index contributed by atoms with van der Waals surface area (Å²) in [5.74, 6) is -0.194. The number of aliphatic hydroxyl groups is 1. The van der Waals surface area contributed by atoms with Crippen LogP contribution in [0.2, 0.25) is 0 Å². The Morgan fingerprint density at radius 1 is 1.41 bits per heavy atom. The zero-order valence-corrected chi connectivity index (χ0v) is 12.7. The second-order valence-corrected chi connectivity index (χ2v) is 7.22. The summed E-state index contributed by atoms with van der Waals surface area (Å²) < 4.78 is 0. The topological polar surface area (TPSA) is 98.3 Å². The minimum atomic E-state index is -0.947. The molecule has 7 heteroatoms. The number of carbonyl (C=O) groups excluding carboxylic acids is 2. The maximum Gasteiger partial charge on any atom is 0.325 e. The molecule has 0 bridgehead atoms. The average molecular weight is 304 g/mol. The first-order valence-electron chi connectivity index (χ1n) is 7.72. The molecule has 3 unspecified atom stereocenters. The normalized spacial score (nSPS) is 36.2. The van der Waals surface area contributed by atoms with Crippen LogP contribution in [0, 0.1) is 5.41 Å². The maximum absolute atomic E-state index is 12.9. The van der Waals surface area contributed by atoms with Gasteiger partial charge in [-0.15, -0.1) is 0 Å². The van der Waals surface area contributed by atoms with Crippen LogP contribution in [0.5, 0.6) is 0 Å². The van der Waals surface area contributed by atoms with Crippen LogP contribution in [0.4, 0.5) is 4.79 Å². The molecule has 3 aliphatic rings. The van der Waals surface area contributed by atoms with Gasteiger partial charge in [0.05, 0.1) is 12.3 Å². The first kappa shape index (κ1) is 13.8. The number of aromatic nitrogens is 2. The molecule has 1 spiro atoms. The molecule has 1 aromatic heterocycles. The lowest BCUT2D eigenvalue weighted by Gasteiger charge is -2.55. The van der Waals surface area contributed by atoms with E-state index in [1.807, 2.05) is 20.0 Å². The van der Waals surface area contributed by atoms with E-state index in [-0.39, 0.29) is 18.0 Å². The molecular formula is C15H20N4O3. The zero-order chi connectivity index (χ0) is 15.7. The number of fused-ring (bicyclic) bond motifs is 1. The van der Waals surface area contributed by atoms with Gasteiger partial charge in [-0.3, -0.25) is 14.8 Å². The quantitative estimate of drug-likeness (QED) is 0.652. The van der Waals surface area contributed by atoms with E-state index in [0.717, 1.165) is 24.1 Å². The van der Waals surface area contributed by atoms with E-state index in [9.17, 15) is 14.7 Å². The van der Waals surface area contributed by atoms with Crippen LogP contribution in [-0.4, -0.2) is 49.8 Å². The van der Waals surface area contributed by atoms with Gasteiger partial charge in [0.15, 0.2) is 0 Å². The Balaban J connectivity index is 1.62. The molecule has 7 nitrogen and oxygen atoms in total. The van der Waals surface area contributed by atoms with Gasteiger partial charge in [-0.2, -0.15) is 5.10 Å². The van der Waals surface area contributed by atoms with E-state index in [2.05, 4.69) is 15.5 Å². The largest absolute Gasteiger partial charge is 0.392 e. The van der Waals surface area contributed by atoms with Crippen LogP contribution in [0.25, 0.3) is 0 Å². The second-order valence-electron chi connectivity index (χ2n) is 7.22. The van der Waals surface area contributed by atoms with Crippen LogP contribution in [0.3, 0.4) is 0 Å². The Labute approximate surface area is 128 Å². The van der Waals surface area contributed by atoms with E-state index < -0.39 is 17.1 Å². The van der Waals surface area contributed by atoms with Crippen molar-refractivity contribution in [3.05, 3.63) is 17.5 Å². The Bertz CT molecular complexity index is 667. The van der Waals surface area contributed by atoms with Gasteiger partial charge in [-0.25, -0.2) is 4.79 Å². The monoisotopic (exact) mass is 304 g/mol. The molecule has 2 fully saturated rings. The molecule has 3 atom stereocenters. The van der Waals surface area contributed by atoms with Crippen molar-refractivity contribution in [1.82, 2.24) is 20.4 Å². The van der Waals surface area contributed by atoms with Gasteiger partial charge in [0.25, 0.3) is 5.91 Å². The molecule has 3 amide bonds. The highest BCUT2D eigenvalue weighted by molar-refractivity contribution is 6.08. The average Bonchev–Trinajstić information content (AvgIpc) is 3.03. The van der Waals surface area contributed by atoms with Gasteiger partial charge < -0.3 is 10.4 Å². The number of aliphatic hydroxyl groups excluding tert-OH is 1. The van der Waals surface area contributed by atoms with Gasteiger partial charge in [-0.05, 0) is 18.4 Å². The van der Waals surface area contributed by atoms with Crippen molar-refractivity contribution in [2.75, 3.05) is 0 Å².